The zero-order valence-corrected chi connectivity index (χ0v) is 7.76. The van der Waals surface area contributed by atoms with E-state index in [4.69, 9.17) is 10.2 Å². The van der Waals surface area contributed by atoms with Crippen LogP contribution in [-0.2, 0) is 23.7 Å². The van der Waals surface area contributed by atoms with Gasteiger partial charge < -0.3 is 14.6 Å². The number of halogens is 1. The van der Waals surface area contributed by atoms with E-state index in [9.17, 15) is 4.79 Å². The minimum Gasteiger partial charge on any atom is -0.502 e. The van der Waals surface area contributed by atoms with Crippen LogP contribution in [-0.4, -0.2) is 10.2 Å². The predicted octanol–water partition coefficient (Wildman–Crippen LogP) is 0.257. The molecule has 0 unspecified atom stereocenters. The number of aromatic hydroxyl groups is 1. The first-order valence-electron chi connectivity index (χ1n) is 2.65. The van der Waals surface area contributed by atoms with Gasteiger partial charge in [-0.2, -0.15) is 0 Å². The molecule has 6 heteroatoms. The van der Waals surface area contributed by atoms with Gasteiger partial charge >= 0.3 is 0 Å². The van der Waals surface area contributed by atoms with E-state index in [1.807, 2.05) is 0 Å². The van der Waals surface area contributed by atoms with E-state index in [0.29, 0.717) is 0 Å². The van der Waals surface area contributed by atoms with Crippen LogP contribution in [0.1, 0.15) is 5.76 Å². The van der Waals surface area contributed by atoms with Gasteiger partial charge in [0.2, 0.25) is 5.43 Å². The van der Waals surface area contributed by atoms with E-state index in [1.54, 1.807) is 0 Å². The van der Waals surface area contributed by atoms with Gasteiger partial charge in [0.1, 0.15) is 18.6 Å². The second kappa shape index (κ2) is 6.08. The van der Waals surface area contributed by atoms with E-state index >= 15 is 0 Å². The molecule has 0 spiro atoms. The number of aliphatic hydroxyl groups is 1. The molecule has 0 aliphatic heterocycles. The average Bonchev–Trinajstić information content (AvgIpc) is 1.95. The summed E-state index contributed by atoms with van der Waals surface area (Å²) in [5.74, 6) is -0.306. The summed E-state index contributed by atoms with van der Waals surface area (Å²) in [5.41, 5.74) is -0.546. The molecular formula is C6H7ClFeO4. The molecule has 0 saturated carbocycles. The Hall–Kier alpha value is -0.481. The molecule has 0 aromatic carbocycles. The molecule has 2 N–H and O–H groups in total. The fourth-order valence-electron chi connectivity index (χ4n) is 0.527. The van der Waals surface area contributed by atoms with Crippen molar-refractivity contribution in [2.45, 2.75) is 6.61 Å². The van der Waals surface area contributed by atoms with Crippen molar-refractivity contribution in [1.82, 2.24) is 0 Å². The van der Waals surface area contributed by atoms with Crippen molar-refractivity contribution in [3.8, 4) is 5.75 Å². The van der Waals surface area contributed by atoms with Crippen molar-refractivity contribution in [2.75, 3.05) is 0 Å². The molecule has 1 aromatic rings. The van der Waals surface area contributed by atoms with Gasteiger partial charge in [-0.3, -0.25) is 4.79 Å². The number of hydrogen-bond donors (Lipinski definition) is 2. The molecule has 0 aliphatic rings. The van der Waals surface area contributed by atoms with E-state index in [2.05, 4.69) is 4.42 Å². The van der Waals surface area contributed by atoms with Crippen LogP contribution in [0.2, 0.25) is 0 Å². The largest absolute Gasteiger partial charge is 0.502 e. The minimum absolute atomic E-state index is 0. The minimum atomic E-state index is -0.546. The van der Waals surface area contributed by atoms with Gasteiger partial charge in [0.05, 0.1) is 0 Å². The number of aliphatic hydroxyl groups excluding tert-OH is 1. The van der Waals surface area contributed by atoms with Gasteiger partial charge in [-0.1, -0.05) is 0 Å². The second-order valence-electron chi connectivity index (χ2n) is 1.75. The van der Waals surface area contributed by atoms with Gasteiger partial charge in [-0.05, 0) is 0 Å². The Balaban J connectivity index is 0. The first-order chi connectivity index (χ1) is 4.74. The second-order valence-corrected chi connectivity index (χ2v) is 1.75. The smallest absolute Gasteiger partial charge is 0.226 e. The summed E-state index contributed by atoms with van der Waals surface area (Å²) in [6, 6.07) is 1.04. The van der Waals surface area contributed by atoms with Gasteiger partial charge in [0.25, 0.3) is 0 Å². The zero-order valence-electron chi connectivity index (χ0n) is 5.83. The molecule has 0 saturated heterocycles. The Labute approximate surface area is 85.1 Å². The Morgan fingerprint density at radius 1 is 1.50 bits per heavy atom. The zero-order chi connectivity index (χ0) is 7.56. The molecule has 0 fully saturated rings. The van der Waals surface area contributed by atoms with Crippen LogP contribution in [0.25, 0.3) is 0 Å². The monoisotopic (exact) mass is 234 g/mol. The van der Waals surface area contributed by atoms with E-state index in [0.717, 1.165) is 12.3 Å². The standard InChI is InChI=1S/C6H6O4.ClH.Fe/c7-2-4-1-5(8)6(9)3-10-4;;/h1,3,7,9H,2H2;1H;. The topological polar surface area (TPSA) is 70.7 Å². The van der Waals surface area contributed by atoms with Crippen LogP contribution in [0.5, 0.6) is 5.75 Å². The average molecular weight is 234 g/mol. The third-order valence-electron chi connectivity index (χ3n) is 1.02. The summed E-state index contributed by atoms with van der Waals surface area (Å²) < 4.78 is 4.59. The predicted molar refractivity (Wildman–Crippen MR) is 39.8 cm³/mol. The van der Waals surface area contributed by atoms with E-state index in [-0.39, 0.29) is 41.8 Å². The fraction of sp³-hybridized carbons (Fsp3) is 0.167. The summed E-state index contributed by atoms with van der Waals surface area (Å²) in [6.45, 7) is -0.338. The van der Waals surface area contributed by atoms with Gasteiger partial charge in [0, 0.05) is 23.1 Å². The van der Waals surface area contributed by atoms with Crippen molar-refractivity contribution in [2.24, 2.45) is 0 Å². The van der Waals surface area contributed by atoms with Crippen LogP contribution >= 0.6 is 12.4 Å². The van der Waals surface area contributed by atoms with Gasteiger partial charge in [-0.25, -0.2) is 0 Å². The molecule has 0 aliphatic carbocycles. The third-order valence-corrected chi connectivity index (χ3v) is 1.02. The van der Waals surface area contributed by atoms with Crippen LogP contribution in [0.4, 0.5) is 0 Å². The quantitative estimate of drug-likeness (QED) is 0.684. The fourth-order valence-corrected chi connectivity index (χ4v) is 0.527. The van der Waals surface area contributed by atoms with Crippen molar-refractivity contribution in [1.29, 1.82) is 0 Å². The van der Waals surface area contributed by atoms with Crippen molar-refractivity contribution < 1.29 is 31.7 Å². The molecule has 1 aromatic heterocycles. The molecule has 0 atom stereocenters. The molecule has 0 bridgehead atoms. The van der Waals surface area contributed by atoms with E-state index < -0.39 is 11.2 Å². The molecule has 0 radical (unpaired) electrons. The van der Waals surface area contributed by atoms with Crippen molar-refractivity contribution >= 4 is 12.4 Å². The molecule has 4 nitrogen and oxygen atoms in total. The summed E-state index contributed by atoms with van der Waals surface area (Å²) in [4.78, 5) is 10.6. The Morgan fingerprint density at radius 2 is 2.08 bits per heavy atom. The summed E-state index contributed by atoms with van der Waals surface area (Å²) in [6.07, 6.45) is 0.897. The maximum Gasteiger partial charge on any atom is 0.226 e. The molecule has 1 rings (SSSR count). The molecule has 1 heterocycles. The third kappa shape index (κ3) is 3.28. The Morgan fingerprint density at radius 3 is 2.50 bits per heavy atom. The van der Waals surface area contributed by atoms with Gasteiger partial charge in [0.15, 0.2) is 5.75 Å². The Bertz CT molecular complexity index is 285. The van der Waals surface area contributed by atoms with Crippen LogP contribution in [0.15, 0.2) is 21.5 Å². The first kappa shape index (κ1) is 14.1. The van der Waals surface area contributed by atoms with Crippen molar-refractivity contribution in [3.05, 3.63) is 28.3 Å². The number of hydrogen-bond acceptors (Lipinski definition) is 4. The summed E-state index contributed by atoms with van der Waals surface area (Å²) in [5, 5.41) is 17.1. The maximum atomic E-state index is 10.6. The van der Waals surface area contributed by atoms with Crippen molar-refractivity contribution in [3.63, 3.8) is 0 Å². The van der Waals surface area contributed by atoms with Crippen LogP contribution in [0, 0.1) is 0 Å². The van der Waals surface area contributed by atoms with Gasteiger partial charge in [-0.15, -0.1) is 12.4 Å². The normalized spacial score (nSPS) is 8.08. The molecular weight excluding hydrogens is 227 g/mol. The number of rotatable bonds is 1. The van der Waals surface area contributed by atoms with E-state index in [1.165, 1.54) is 0 Å². The Kier molecular flexibility index (Phi) is 7.13. The first-order valence-corrected chi connectivity index (χ1v) is 2.65. The summed E-state index contributed by atoms with van der Waals surface area (Å²) >= 11 is 0. The van der Waals surface area contributed by atoms with Crippen LogP contribution in [0.3, 0.4) is 0 Å². The molecule has 0 amide bonds. The molecule has 12 heavy (non-hydrogen) atoms. The van der Waals surface area contributed by atoms with Crippen LogP contribution < -0.4 is 5.43 Å². The maximum absolute atomic E-state index is 10.6. The SMILES string of the molecule is Cl.O=c1cc(CO)occ1O.[Fe]. The summed E-state index contributed by atoms with van der Waals surface area (Å²) in [7, 11) is 0. The molecule has 70 valence electrons.